The Morgan fingerprint density at radius 1 is 0.917 bits per heavy atom. The molecule has 0 aliphatic carbocycles. The SMILES string of the molecule is Cc1cc(C(Nc2cccc(-c3cc(C)c(C(=O)NC(C)C(=O)O)c(C)c3)c2)C(F)(F)F)ccc1Cl. The van der Waals surface area contributed by atoms with Crippen LogP contribution >= 0.6 is 11.6 Å². The molecule has 0 heterocycles. The highest BCUT2D eigenvalue weighted by molar-refractivity contribution is 6.31. The Hall–Kier alpha value is -3.52. The van der Waals surface area contributed by atoms with Gasteiger partial charge in [0.25, 0.3) is 5.91 Å². The molecule has 9 heteroatoms. The first-order valence-corrected chi connectivity index (χ1v) is 11.5. The van der Waals surface area contributed by atoms with Crippen LogP contribution in [-0.4, -0.2) is 29.2 Å². The average molecular weight is 519 g/mol. The number of carbonyl (C=O) groups is 2. The molecule has 1 amide bonds. The molecule has 3 N–H and O–H groups in total. The van der Waals surface area contributed by atoms with E-state index in [0.717, 1.165) is 0 Å². The molecule has 3 aromatic carbocycles. The number of carboxylic acid groups (broad SMARTS) is 1. The van der Waals surface area contributed by atoms with Gasteiger partial charge in [-0.3, -0.25) is 9.59 Å². The summed E-state index contributed by atoms with van der Waals surface area (Å²) in [5.41, 5.74) is 3.82. The molecule has 0 spiro atoms. The summed E-state index contributed by atoms with van der Waals surface area (Å²) in [5, 5.41) is 14.5. The van der Waals surface area contributed by atoms with Gasteiger partial charge in [-0.25, -0.2) is 0 Å². The van der Waals surface area contributed by atoms with Crippen molar-refractivity contribution in [3.63, 3.8) is 0 Å². The molecule has 3 rings (SSSR count). The Balaban J connectivity index is 1.93. The van der Waals surface area contributed by atoms with Crippen molar-refractivity contribution in [2.45, 2.75) is 46.0 Å². The molecule has 36 heavy (non-hydrogen) atoms. The van der Waals surface area contributed by atoms with E-state index in [4.69, 9.17) is 16.7 Å². The summed E-state index contributed by atoms with van der Waals surface area (Å²) < 4.78 is 41.8. The lowest BCUT2D eigenvalue weighted by atomic mass is 9.94. The van der Waals surface area contributed by atoms with E-state index in [0.29, 0.717) is 38.4 Å². The average Bonchev–Trinajstić information content (AvgIpc) is 2.78. The van der Waals surface area contributed by atoms with Gasteiger partial charge >= 0.3 is 12.1 Å². The van der Waals surface area contributed by atoms with Crippen LogP contribution in [-0.2, 0) is 4.79 Å². The van der Waals surface area contributed by atoms with E-state index in [9.17, 15) is 22.8 Å². The minimum Gasteiger partial charge on any atom is -0.480 e. The van der Waals surface area contributed by atoms with Gasteiger partial charge < -0.3 is 15.7 Å². The van der Waals surface area contributed by atoms with Gasteiger partial charge in [-0.05, 0) is 79.3 Å². The fourth-order valence-corrected chi connectivity index (χ4v) is 4.09. The van der Waals surface area contributed by atoms with Crippen molar-refractivity contribution < 1.29 is 27.9 Å². The zero-order valence-corrected chi connectivity index (χ0v) is 20.9. The number of nitrogens with one attached hydrogen (secondary N) is 2. The number of alkyl halides is 3. The second-order valence-corrected chi connectivity index (χ2v) is 9.13. The van der Waals surface area contributed by atoms with Gasteiger partial charge in [-0.1, -0.05) is 48.0 Å². The Labute approximate surface area is 212 Å². The predicted octanol–water partition coefficient (Wildman–Crippen LogP) is 6.85. The van der Waals surface area contributed by atoms with Gasteiger partial charge in [0.2, 0.25) is 0 Å². The van der Waals surface area contributed by atoms with Crippen LogP contribution in [0.1, 0.15) is 45.6 Å². The smallest absolute Gasteiger partial charge is 0.412 e. The van der Waals surface area contributed by atoms with Crippen molar-refractivity contribution in [2.24, 2.45) is 0 Å². The lowest BCUT2D eigenvalue weighted by Crippen LogP contribution is -2.38. The van der Waals surface area contributed by atoms with Crippen molar-refractivity contribution in [2.75, 3.05) is 5.32 Å². The molecule has 2 unspecified atom stereocenters. The monoisotopic (exact) mass is 518 g/mol. The largest absolute Gasteiger partial charge is 0.480 e. The Morgan fingerprint density at radius 2 is 1.56 bits per heavy atom. The molecular weight excluding hydrogens is 493 g/mol. The molecular formula is C27H26ClF3N2O3. The zero-order chi connectivity index (χ0) is 26.8. The van der Waals surface area contributed by atoms with Crippen LogP contribution in [0.5, 0.6) is 0 Å². The van der Waals surface area contributed by atoms with Crippen molar-refractivity contribution >= 4 is 29.2 Å². The molecule has 190 valence electrons. The lowest BCUT2D eigenvalue weighted by molar-refractivity contribution is -0.144. The number of amides is 1. The van der Waals surface area contributed by atoms with Crippen LogP contribution in [0, 0.1) is 20.8 Å². The molecule has 5 nitrogen and oxygen atoms in total. The summed E-state index contributed by atoms with van der Waals surface area (Å²) in [6.45, 7) is 6.47. The topological polar surface area (TPSA) is 78.4 Å². The van der Waals surface area contributed by atoms with Gasteiger partial charge in [0.1, 0.15) is 12.1 Å². The van der Waals surface area contributed by atoms with Crippen LogP contribution < -0.4 is 10.6 Å². The van der Waals surface area contributed by atoms with E-state index in [-0.39, 0.29) is 11.3 Å². The van der Waals surface area contributed by atoms with Gasteiger partial charge in [0.15, 0.2) is 0 Å². The number of hydrogen-bond acceptors (Lipinski definition) is 3. The maximum Gasteiger partial charge on any atom is 0.412 e. The molecule has 0 fully saturated rings. The molecule has 2 atom stereocenters. The highest BCUT2D eigenvalue weighted by Crippen LogP contribution is 2.37. The van der Waals surface area contributed by atoms with E-state index in [2.05, 4.69) is 10.6 Å². The Morgan fingerprint density at radius 3 is 2.11 bits per heavy atom. The summed E-state index contributed by atoms with van der Waals surface area (Å²) >= 11 is 5.99. The number of anilines is 1. The maximum atomic E-state index is 13.9. The van der Waals surface area contributed by atoms with E-state index in [1.807, 2.05) is 0 Å². The minimum absolute atomic E-state index is 0.0486. The fourth-order valence-electron chi connectivity index (χ4n) is 3.98. The van der Waals surface area contributed by atoms with Crippen LogP contribution in [0.25, 0.3) is 11.1 Å². The van der Waals surface area contributed by atoms with Crippen LogP contribution in [0.4, 0.5) is 18.9 Å². The number of hydrogen-bond donors (Lipinski definition) is 3. The van der Waals surface area contributed by atoms with Gasteiger partial charge in [0, 0.05) is 16.3 Å². The van der Waals surface area contributed by atoms with Crippen molar-refractivity contribution in [3.8, 4) is 11.1 Å². The first-order valence-electron chi connectivity index (χ1n) is 11.1. The second kappa shape index (κ2) is 10.6. The molecule has 3 aromatic rings. The van der Waals surface area contributed by atoms with E-state index in [1.54, 1.807) is 57.2 Å². The molecule has 0 bridgehead atoms. The summed E-state index contributed by atoms with van der Waals surface area (Å²) in [6.07, 6.45) is -4.55. The quantitative estimate of drug-likeness (QED) is 0.319. The number of aryl methyl sites for hydroxylation is 3. The molecule has 0 saturated carbocycles. The molecule has 0 radical (unpaired) electrons. The van der Waals surface area contributed by atoms with E-state index >= 15 is 0 Å². The Kier molecular flexibility index (Phi) is 7.99. The predicted molar refractivity (Wildman–Crippen MR) is 135 cm³/mol. The third-order valence-corrected chi connectivity index (χ3v) is 6.25. The normalized spacial score (nSPS) is 13.1. The third kappa shape index (κ3) is 6.18. The zero-order valence-electron chi connectivity index (χ0n) is 20.1. The molecule has 0 aliphatic heterocycles. The van der Waals surface area contributed by atoms with Gasteiger partial charge in [0.05, 0.1) is 0 Å². The number of carbonyl (C=O) groups excluding carboxylic acids is 1. The maximum absolute atomic E-state index is 13.9. The first-order chi connectivity index (χ1) is 16.8. The minimum atomic E-state index is -4.55. The number of halogens is 4. The summed E-state index contributed by atoms with van der Waals surface area (Å²) in [6, 6.07) is 11.3. The summed E-state index contributed by atoms with van der Waals surface area (Å²) in [7, 11) is 0. The van der Waals surface area contributed by atoms with Gasteiger partial charge in [-0.15, -0.1) is 0 Å². The Bertz CT molecular complexity index is 1280. The number of carboxylic acids is 1. The van der Waals surface area contributed by atoms with Crippen molar-refractivity contribution in [3.05, 3.63) is 87.4 Å². The van der Waals surface area contributed by atoms with Crippen LogP contribution in [0.15, 0.2) is 54.6 Å². The number of rotatable bonds is 7. The highest BCUT2D eigenvalue weighted by Gasteiger charge is 2.41. The first kappa shape index (κ1) is 27.1. The van der Waals surface area contributed by atoms with E-state index in [1.165, 1.54) is 25.1 Å². The summed E-state index contributed by atoms with van der Waals surface area (Å²) in [5.74, 6) is -1.65. The van der Waals surface area contributed by atoms with Gasteiger partial charge in [-0.2, -0.15) is 13.2 Å². The number of benzene rings is 3. The van der Waals surface area contributed by atoms with Crippen molar-refractivity contribution in [1.82, 2.24) is 5.32 Å². The molecule has 0 aromatic heterocycles. The fraction of sp³-hybridized carbons (Fsp3) is 0.259. The van der Waals surface area contributed by atoms with Crippen molar-refractivity contribution in [1.29, 1.82) is 0 Å². The van der Waals surface area contributed by atoms with E-state index < -0.39 is 30.1 Å². The van der Waals surface area contributed by atoms with Crippen LogP contribution in [0.3, 0.4) is 0 Å². The number of aliphatic carboxylic acids is 1. The van der Waals surface area contributed by atoms with Crippen LogP contribution in [0.2, 0.25) is 5.02 Å². The highest BCUT2D eigenvalue weighted by atomic mass is 35.5. The second-order valence-electron chi connectivity index (χ2n) is 8.73. The standard InChI is InChI=1S/C27H26ClF3N2O3/c1-14-10-19(8-9-22(14)28)24(27(29,30)31)33-21-7-5-6-18(13-21)20-11-15(2)23(16(3)12-20)25(34)32-17(4)26(35)36/h5-13,17,24,33H,1-4H3,(H,32,34)(H,35,36). The molecule has 0 aliphatic rings. The summed E-state index contributed by atoms with van der Waals surface area (Å²) in [4.78, 5) is 23.7. The third-order valence-electron chi connectivity index (χ3n) is 5.83. The lowest BCUT2D eigenvalue weighted by Gasteiger charge is -2.24. The molecule has 0 saturated heterocycles.